The topological polar surface area (TPSA) is 24.1 Å². The zero-order valence-corrected chi connectivity index (χ0v) is 12.4. The highest BCUT2D eigenvalue weighted by molar-refractivity contribution is 14.1. The molecule has 1 unspecified atom stereocenters. The molecule has 0 saturated heterocycles. The van der Waals surface area contributed by atoms with E-state index in [-0.39, 0.29) is 0 Å². The fourth-order valence-electron chi connectivity index (χ4n) is 1.38. The monoisotopic (exact) mass is 332 g/mol. The van der Waals surface area contributed by atoms with Gasteiger partial charge in [-0.15, -0.1) is 0 Å². The molecule has 1 aromatic rings. The molecular formula is C13H21IN2. The Kier molecular flexibility index (Phi) is 6.31. The zero-order valence-electron chi connectivity index (χ0n) is 10.3. The van der Waals surface area contributed by atoms with Gasteiger partial charge in [0.2, 0.25) is 0 Å². The van der Waals surface area contributed by atoms with Gasteiger partial charge in [-0.05, 0) is 47.2 Å². The molecule has 3 heteroatoms. The van der Waals surface area contributed by atoms with Gasteiger partial charge < -0.3 is 10.6 Å². The van der Waals surface area contributed by atoms with E-state index in [1.165, 1.54) is 9.13 Å². The molecule has 0 saturated carbocycles. The van der Waals surface area contributed by atoms with Crippen LogP contribution in [0.25, 0.3) is 0 Å². The Morgan fingerprint density at radius 1 is 1.06 bits per heavy atom. The van der Waals surface area contributed by atoms with Crippen LogP contribution >= 0.6 is 22.6 Å². The normalized spacial score (nSPS) is 13.1. The molecule has 0 radical (unpaired) electrons. The molecule has 0 aliphatic heterocycles. The van der Waals surface area contributed by atoms with Gasteiger partial charge in [-0.3, -0.25) is 0 Å². The second-order valence-corrected chi connectivity index (χ2v) is 5.72. The first kappa shape index (κ1) is 13.9. The summed E-state index contributed by atoms with van der Waals surface area (Å²) in [7, 11) is 0. The smallest absolute Gasteiger partial charge is 0.0208 e. The van der Waals surface area contributed by atoms with Gasteiger partial charge in [0, 0.05) is 28.7 Å². The lowest BCUT2D eigenvalue weighted by Gasteiger charge is -2.16. The molecule has 1 rings (SSSR count). The van der Waals surface area contributed by atoms with Crippen molar-refractivity contribution in [2.75, 3.05) is 6.54 Å². The van der Waals surface area contributed by atoms with E-state index in [9.17, 15) is 0 Å². The SMILES string of the molecule is CC(C)NCC(C)NCc1ccc(I)cc1. The molecule has 0 bridgehead atoms. The summed E-state index contributed by atoms with van der Waals surface area (Å²) in [6.07, 6.45) is 0. The lowest BCUT2D eigenvalue weighted by atomic mass is 10.2. The first-order valence-corrected chi connectivity index (χ1v) is 6.87. The van der Waals surface area contributed by atoms with E-state index in [2.05, 4.69) is 78.3 Å². The van der Waals surface area contributed by atoms with Crippen molar-refractivity contribution in [1.29, 1.82) is 0 Å². The van der Waals surface area contributed by atoms with Crippen LogP contribution in [-0.2, 0) is 6.54 Å². The zero-order chi connectivity index (χ0) is 12.0. The van der Waals surface area contributed by atoms with E-state index in [4.69, 9.17) is 0 Å². The third-order valence-electron chi connectivity index (χ3n) is 2.40. The summed E-state index contributed by atoms with van der Waals surface area (Å²) >= 11 is 2.33. The summed E-state index contributed by atoms with van der Waals surface area (Å²) < 4.78 is 1.29. The Balaban J connectivity index is 2.26. The van der Waals surface area contributed by atoms with Gasteiger partial charge in [-0.25, -0.2) is 0 Å². The minimum Gasteiger partial charge on any atom is -0.313 e. The standard InChI is InChI=1S/C13H21IN2/c1-10(2)15-8-11(3)16-9-12-4-6-13(14)7-5-12/h4-7,10-11,15-16H,8-9H2,1-3H3. The van der Waals surface area contributed by atoms with Gasteiger partial charge in [-0.2, -0.15) is 0 Å². The number of nitrogens with one attached hydrogen (secondary N) is 2. The lowest BCUT2D eigenvalue weighted by molar-refractivity contribution is 0.474. The fraction of sp³-hybridized carbons (Fsp3) is 0.538. The highest BCUT2D eigenvalue weighted by atomic mass is 127. The predicted molar refractivity (Wildman–Crippen MR) is 78.6 cm³/mol. The Morgan fingerprint density at radius 3 is 2.25 bits per heavy atom. The highest BCUT2D eigenvalue weighted by Crippen LogP contribution is 2.06. The first-order chi connectivity index (χ1) is 7.58. The van der Waals surface area contributed by atoms with Crippen molar-refractivity contribution in [1.82, 2.24) is 10.6 Å². The van der Waals surface area contributed by atoms with Crippen molar-refractivity contribution < 1.29 is 0 Å². The Hall–Kier alpha value is -0.130. The van der Waals surface area contributed by atoms with Crippen LogP contribution in [0.15, 0.2) is 24.3 Å². The molecule has 0 aliphatic carbocycles. The molecule has 0 aromatic heterocycles. The van der Waals surface area contributed by atoms with E-state index < -0.39 is 0 Å². The summed E-state index contributed by atoms with van der Waals surface area (Å²) in [5, 5.41) is 6.94. The summed E-state index contributed by atoms with van der Waals surface area (Å²) in [6, 6.07) is 9.71. The van der Waals surface area contributed by atoms with Crippen LogP contribution in [0.4, 0.5) is 0 Å². The molecule has 0 heterocycles. The van der Waals surface area contributed by atoms with Crippen molar-refractivity contribution in [3.05, 3.63) is 33.4 Å². The maximum absolute atomic E-state index is 3.51. The van der Waals surface area contributed by atoms with Gasteiger partial charge in [0.05, 0.1) is 0 Å². The molecule has 16 heavy (non-hydrogen) atoms. The first-order valence-electron chi connectivity index (χ1n) is 5.79. The third kappa shape index (κ3) is 5.82. The maximum atomic E-state index is 3.51. The van der Waals surface area contributed by atoms with Gasteiger partial charge in [0.25, 0.3) is 0 Å². The molecule has 0 aliphatic rings. The van der Waals surface area contributed by atoms with Gasteiger partial charge in [-0.1, -0.05) is 26.0 Å². The fourth-order valence-corrected chi connectivity index (χ4v) is 1.74. The average Bonchev–Trinajstić information content (AvgIpc) is 2.25. The van der Waals surface area contributed by atoms with Gasteiger partial charge in [0.15, 0.2) is 0 Å². The van der Waals surface area contributed by atoms with Crippen molar-refractivity contribution in [3.63, 3.8) is 0 Å². The Labute approximate surface area is 112 Å². The summed E-state index contributed by atoms with van der Waals surface area (Å²) in [5.41, 5.74) is 1.34. The second kappa shape index (κ2) is 7.25. The number of hydrogen-bond donors (Lipinski definition) is 2. The van der Waals surface area contributed by atoms with Crippen LogP contribution in [0.5, 0.6) is 0 Å². The Morgan fingerprint density at radius 2 is 1.69 bits per heavy atom. The predicted octanol–water partition coefficient (Wildman–Crippen LogP) is 2.77. The van der Waals surface area contributed by atoms with Crippen molar-refractivity contribution >= 4 is 22.6 Å². The molecule has 1 atom stereocenters. The summed E-state index contributed by atoms with van der Waals surface area (Å²) in [6.45, 7) is 8.51. The number of halogens is 1. The van der Waals surface area contributed by atoms with Crippen LogP contribution in [0.3, 0.4) is 0 Å². The third-order valence-corrected chi connectivity index (χ3v) is 3.12. The Bertz CT molecular complexity index is 295. The van der Waals surface area contributed by atoms with Gasteiger partial charge in [0.1, 0.15) is 0 Å². The van der Waals surface area contributed by atoms with E-state index in [1.807, 2.05) is 0 Å². The highest BCUT2D eigenvalue weighted by Gasteiger charge is 2.02. The van der Waals surface area contributed by atoms with Crippen LogP contribution in [0.1, 0.15) is 26.3 Å². The van der Waals surface area contributed by atoms with E-state index in [0.29, 0.717) is 12.1 Å². The quantitative estimate of drug-likeness (QED) is 0.783. The average molecular weight is 332 g/mol. The van der Waals surface area contributed by atoms with Crippen LogP contribution in [0, 0.1) is 3.57 Å². The van der Waals surface area contributed by atoms with Gasteiger partial charge >= 0.3 is 0 Å². The molecular weight excluding hydrogens is 311 g/mol. The summed E-state index contributed by atoms with van der Waals surface area (Å²) in [5.74, 6) is 0. The van der Waals surface area contributed by atoms with E-state index >= 15 is 0 Å². The van der Waals surface area contributed by atoms with Crippen LogP contribution in [-0.4, -0.2) is 18.6 Å². The molecule has 0 fully saturated rings. The van der Waals surface area contributed by atoms with Crippen LogP contribution < -0.4 is 10.6 Å². The van der Waals surface area contributed by atoms with Crippen molar-refractivity contribution in [2.45, 2.75) is 39.4 Å². The number of benzene rings is 1. The van der Waals surface area contributed by atoms with Crippen molar-refractivity contribution in [2.24, 2.45) is 0 Å². The molecule has 2 N–H and O–H groups in total. The number of rotatable bonds is 6. The second-order valence-electron chi connectivity index (χ2n) is 4.47. The minimum atomic E-state index is 0.502. The van der Waals surface area contributed by atoms with Crippen LogP contribution in [0.2, 0.25) is 0 Å². The molecule has 1 aromatic carbocycles. The minimum absolute atomic E-state index is 0.502. The summed E-state index contributed by atoms with van der Waals surface area (Å²) in [4.78, 5) is 0. The molecule has 90 valence electrons. The maximum Gasteiger partial charge on any atom is 0.0208 e. The molecule has 0 spiro atoms. The molecule has 0 amide bonds. The molecule has 2 nitrogen and oxygen atoms in total. The largest absolute Gasteiger partial charge is 0.313 e. The number of hydrogen-bond acceptors (Lipinski definition) is 2. The van der Waals surface area contributed by atoms with E-state index in [1.54, 1.807) is 0 Å². The lowest BCUT2D eigenvalue weighted by Crippen LogP contribution is -2.38. The van der Waals surface area contributed by atoms with E-state index in [0.717, 1.165) is 13.1 Å². The van der Waals surface area contributed by atoms with Crippen molar-refractivity contribution in [3.8, 4) is 0 Å².